The summed E-state index contributed by atoms with van der Waals surface area (Å²) in [6.07, 6.45) is 1.65. The van der Waals surface area contributed by atoms with Gasteiger partial charge in [0, 0.05) is 17.8 Å². The minimum atomic E-state index is -3.76. The highest BCUT2D eigenvalue weighted by molar-refractivity contribution is 7.89. The molecule has 0 fully saturated rings. The van der Waals surface area contributed by atoms with Crippen LogP contribution in [-0.4, -0.2) is 30.0 Å². The maximum Gasteiger partial charge on any atom is 0.243 e. The van der Waals surface area contributed by atoms with Crippen molar-refractivity contribution >= 4 is 27.3 Å². The van der Waals surface area contributed by atoms with E-state index in [2.05, 4.69) is 20.4 Å². The van der Waals surface area contributed by atoms with E-state index in [-0.39, 0.29) is 18.0 Å². The summed E-state index contributed by atoms with van der Waals surface area (Å²) < 4.78 is 28.1. The smallest absolute Gasteiger partial charge is 0.243 e. The maximum atomic E-state index is 13.3. The van der Waals surface area contributed by atoms with Gasteiger partial charge in [0.15, 0.2) is 0 Å². The Balaban J connectivity index is 1.62. The molecule has 0 saturated carbocycles. The number of hydrogen-bond acceptors (Lipinski definition) is 6. The van der Waals surface area contributed by atoms with Crippen LogP contribution in [0, 0.1) is 0 Å². The second kappa shape index (κ2) is 8.83. The predicted octanol–water partition coefficient (Wildman–Crippen LogP) is 4.30. The van der Waals surface area contributed by atoms with Gasteiger partial charge in [0.2, 0.25) is 10.0 Å². The lowest BCUT2D eigenvalue weighted by Crippen LogP contribution is -2.30. The molecule has 30 heavy (non-hydrogen) atoms. The van der Waals surface area contributed by atoms with E-state index in [0.717, 1.165) is 16.8 Å². The molecule has 0 aliphatic carbocycles. The largest absolute Gasteiger partial charge is 0.260 e. The number of benzene rings is 2. The fourth-order valence-electron chi connectivity index (χ4n) is 3.02. The number of nitrogens with zero attached hydrogens (tertiary/aromatic N) is 5. The Labute approximate surface area is 179 Å². The van der Waals surface area contributed by atoms with Crippen LogP contribution >= 0.6 is 11.6 Å². The molecule has 1 aliphatic rings. The average molecular weight is 440 g/mol. The number of sulfonamides is 1. The van der Waals surface area contributed by atoms with Gasteiger partial charge < -0.3 is 0 Å². The lowest BCUT2D eigenvalue weighted by atomic mass is 10.1. The Bertz CT molecular complexity index is 1180. The molecule has 0 amide bonds. The first-order valence-electron chi connectivity index (χ1n) is 9.21. The number of pyridine rings is 1. The maximum absolute atomic E-state index is 13.3. The molecule has 4 rings (SSSR count). The third-order valence-corrected chi connectivity index (χ3v) is 6.67. The van der Waals surface area contributed by atoms with E-state index in [1.807, 2.05) is 30.3 Å². The third-order valence-electron chi connectivity index (χ3n) is 4.61. The second-order valence-electron chi connectivity index (χ2n) is 6.68. The lowest BCUT2D eigenvalue weighted by Gasteiger charge is -2.22. The van der Waals surface area contributed by atoms with Crippen LogP contribution in [0.25, 0.3) is 0 Å². The third kappa shape index (κ3) is 4.62. The average Bonchev–Trinajstić information content (AvgIpc) is 3.30. The SMILES string of the molecule is O=S(=O)(c1ccc(Cl)cc1)N(Cc1ccc(C2=NN=NC2)cc1)Cc1ccccn1. The number of hydrogen-bond donors (Lipinski definition) is 0. The Morgan fingerprint density at radius 3 is 2.33 bits per heavy atom. The quantitative estimate of drug-likeness (QED) is 0.550. The fourth-order valence-corrected chi connectivity index (χ4v) is 4.55. The van der Waals surface area contributed by atoms with Gasteiger partial charge in [-0.15, -0.1) is 5.10 Å². The molecule has 0 bridgehead atoms. The Hall–Kier alpha value is -2.94. The highest BCUT2D eigenvalue weighted by Gasteiger charge is 2.25. The normalized spacial score (nSPS) is 13.6. The van der Waals surface area contributed by atoms with Gasteiger partial charge in [-0.2, -0.15) is 9.42 Å². The van der Waals surface area contributed by atoms with E-state index in [1.54, 1.807) is 30.5 Å². The van der Waals surface area contributed by atoms with Gasteiger partial charge in [-0.3, -0.25) is 4.98 Å². The van der Waals surface area contributed by atoms with Crippen molar-refractivity contribution in [3.63, 3.8) is 0 Å². The van der Waals surface area contributed by atoms with Crippen LogP contribution in [0.3, 0.4) is 0 Å². The van der Waals surface area contributed by atoms with Gasteiger partial charge in [-0.1, -0.05) is 41.9 Å². The van der Waals surface area contributed by atoms with Crippen LogP contribution in [0.1, 0.15) is 16.8 Å². The summed E-state index contributed by atoms with van der Waals surface area (Å²) in [6, 6.07) is 19.2. The zero-order valence-corrected chi connectivity index (χ0v) is 17.5. The van der Waals surface area contributed by atoms with Gasteiger partial charge in [0.1, 0.15) is 6.54 Å². The Morgan fingerprint density at radius 2 is 1.70 bits per heavy atom. The molecule has 0 atom stereocenters. The van der Waals surface area contributed by atoms with Gasteiger partial charge in [0.05, 0.1) is 22.8 Å². The van der Waals surface area contributed by atoms with Crippen LogP contribution in [-0.2, 0) is 23.1 Å². The standard InChI is InChI=1S/C21H18ClN5O2S/c22-18-8-10-20(11-9-18)30(28,29)27(15-19-3-1-2-12-23-19)14-16-4-6-17(7-5-16)21-13-24-26-25-21/h1-12H,13-15H2. The Morgan fingerprint density at radius 1 is 0.933 bits per heavy atom. The fraction of sp³-hybridized carbons (Fsp3) is 0.143. The number of halogens is 1. The van der Waals surface area contributed by atoms with Crippen molar-refractivity contribution in [2.24, 2.45) is 15.4 Å². The van der Waals surface area contributed by atoms with Crippen LogP contribution < -0.4 is 0 Å². The first-order chi connectivity index (χ1) is 14.5. The number of aromatic nitrogens is 1. The lowest BCUT2D eigenvalue weighted by molar-refractivity contribution is 0.397. The first kappa shape index (κ1) is 20.3. The van der Waals surface area contributed by atoms with Crippen LogP contribution in [0.15, 0.2) is 93.3 Å². The zero-order valence-electron chi connectivity index (χ0n) is 15.9. The highest BCUT2D eigenvalue weighted by atomic mass is 35.5. The van der Waals surface area contributed by atoms with Gasteiger partial charge in [-0.05, 0) is 52.7 Å². The molecule has 0 unspecified atom stereocenters. The molecule has 9 heteroatoms. The van der Waals surface area contributed by atoms with Crippen LogP contribution in [0.4, 0.5) is 0 Å². The molecule has 7 nitrogen and oxygen atoms in total. The predicted molar refractivity (Wildman–Crippen MR) is 115 cm³/mol. The van der Waals surface area contributed by atoms with E-state index in [1.165, 1.54) is 16.4 Å². The van der Waals surface area contributed by atoms with Crippen molar-refractivity contribution in [2.45, 2.75) is 18.0 Å². The van der Waals surface area contributed by atoms with E-state index in [4.69, 9.17) is 11.6 Å². The monoisotopic (exact) mass is 439 g/mol. The molecule has 0 saturated heterocycles. The Kier molecular flexibility index (Phi) is 5.98. The molecule has 1 aliphatic heterocycles. The van der Waals surface area contributed by atoms with Crippen molar-refractivity contribution in [1.29, 1.82) is 0 Å². The van der Waals surface area contributed by atoms with E-state index in [9.17, 15) is 8.42 Å². The van der Waals surface area contributed by atoms with Crippen molar-refractivity contribution in [2.75, 3.05) is 6.54 Å². The summed E-state index contributed by atoms with van der Waals surface area (Å²) in [5, 5.41) is 12.0. The van der Waals surface area contributed by atoms with Gasteiger partial charge >= 0.3 is 0 Å². The molecule has 152 valence electrons. The summed E-state index contributed by atoms with van der Waals surface area (Å²) >= 11 is 5.93. The van der Waals surface area contributed by atoms with E-state index >= 15 is 0 Å². The molecule has 0 radical (unpaired) electrons. The summed E-state index contributed by atoms with van der Waals surface area (Å²) in [4.78, 5) is 4.47. The van der Waals surface area contributed by atoms with E-state index < -0.39 is 10.0 Å². The summed E-state index contributed by atoms with van der Waals surface area (Å²) in [5.74, 6) is 0. The van der Waals surface area contributed by atoms with Crippen molar-refractivity contribution in [3.05, 3.63) is 94.8 Å². The minimum absolute atomic E-state index is 0.151. The summed E-state index contributed by atoms with van der Waals surface area (Å²) in [6.45, 7) is 0.803. The van der Waals surface area contributed by atoms with E-state index in [0.29, 0.717) is 17.3 Å². The number of rotatable bonds is 7. The van der Waals surface area contributed by atoms with Crippen molar-refractivity contribution in [3.8, 4) is 0 Å². The molecule has 3 aromatic rings. The second-order valence-corrected chi connectivity index (χ2v) is 9.06. The summed E-state index contributed by atoms with van der Waals surface area (Å²) in [7, 11) is -3.76. The minimum Gasteiger partial charge on any atom is -0.260 e. The molecule has 0 N–H and O–H groups in total. The molecular formula is C21H18ClN5O2S. The van der Waals surface area contributed by atoms with Gasteiger partial charge in [-0.25, -0.2) is 8.42 Å². The molecule has 2 heterocycles. The zero-order chi connectivity index (χ0) is 21.0. The van der Waals surface area contributed by atoms with Gasteiger partial charge in [0.25, 0.3) is 0 Å². The van der Waals surface area contributed by atoms with Crippen molar-refractivity contribution in [1.82, 2.24) is 9.29 Å². The molecular weight excluding hydrogens is 422 g/mol. The van der Waals surface area contributed by atoms with Crippen molar-refractivity contribution < 1.29 is 8.42 Å². The summed E-state index contributed by atoms with van der Waals surface area (Å²) in [5.41, 5.74) is 3.22. The first-order valence-corrected chi connectivity index (χ1v) is 11.0. The molecule has 1 aromatic heterocycles. The highest BCUT2D eigenvalue weighted by Crippen LogP contribution is 2.23. The van der Waals surface area contributed by atoms with Crippen LogP contribution in [0.2, 0.25) is 5.02 Å². The molecule has 2 aromatic carbocycles. The van der Waals surface area contributed by atoms with Crippen LogP contribution in [0.5, 0.6) is 0 Å². The topological polar surface area (TPSA) is 87.4 Å². The molecule has 0 spiro atoms.